The van der Waals surface area contributed by atoms with Crippen LogP contribution in [0, 0.1) is 0 Å². The van der Waals surface area contributed by atoms with Crippen molar-refractivity contribution in [2.75, 3.05) is 13.2 Å². The molecule has 6 nitrogen and oxygen atoms in total. The van der Waals surface area contributed by atoms with Gasteiger partial charge in [-0.2, -0.15) is 0 Å². The highest BCUT2D eigenvalue weighted by atomic mass is 16.6. The Kier molecular flexibility index (Phi) is 60.7. The maximum absolute atomic E-state index is 12.9. The summed E-state index contributed by atoms with van der Waals surface area (Å²) in [4.78, 5) is 38.2. The van der Waals surface area contributed by atoms with E-state index < -0.39 is 6.10 Å². The number of hydrogen-bond donors (Lipinski definition) is 0. The lowest BCUT2D eigenvalue weighted by atomic mass is 10.0. The number of carbonyl (C=O) groups is 3. The van der Waals surface area contributed by atoms with Crippen molar-refractivity contribution >= 4 is 17.9 Å². The summed E-state index contributed by atoms with van der Waals surface area (Å²) in [5.74, 6) is -0.888. The molecule has 0 saturated carbocycles. The first-order valence-corrected chi connectivity index (χ1v) is 32.4. The molecule has 1 unspecified atom stereocenters. The molecule has 0 amide bonds. The molecule has 0 radical (unpaired) electrons. The van der Waals surface area contributed by atoms with Crippen molar-refractivity contribution in [3.8, 4) is 0 Å². The van der Waals surface area contributed by atoms with Gasteiger partial charge in [0, 0.05) is 19.3 Å². The number of unbranched alkanes of at least 4 members (excludes halogenated alkanes) is 36. The lowest BCUT2D eigenvalue weighted by Gasteiger charge is -2.18. The molecule has 0 N–H and O–H groups in total. The molecule has 0 spiro atoms. The van der Waals surface area contributed by atoms with Gasteiger partial charge < -0.3 is 14.2 Å². The quantitative estimate of drug-likeness (QED) is 0.0261. The van der Waals surface area contributed by atoms with Crippen molar-refractivity contribution < 1.29 is 28.6 Å². The number of allylic oxidation sites excluding steroid dienone is 12. The van der Waals surface area contributed by atoms with Crippen LogP contribution in [0.3, 0.4) is 0 Å². The minimum atomic E-state index is -0.784. The van der Waals surface area contributed by atoms with Gasteiger partial charge in [0.05, 0.1) is 0 Å². The maximum Gasteiger partial charge on any atom is 0.306 e. The zero-order valence-electron chi connectivity index (χ0n) is 49.8. The molecule has 6 heteroatoms. The van der Waals surface area contributed by atoms with Crippen LogP contribution in [0.25, 0.3) is 0 Å². The second kappa shape index (κ2) is 63.4. The average Bonchev–Trinajstić information content (AvgIpc) is 3.41. The molecule has 0 heterocycles. The lowest BCUT2D eigenvalue weighted by Crippen LogP contribution is -2.30. The smallest absolute Gasteiger partial charge is 0.306 e. The molecular weight excluding hydrogens is 925 g/mol. The third-order valence-corrected chi connectivity index (χ3v) is 14.2. The number of hydrogen-bond acceptors (Lipinski definition) is 6. The van der Waals surface area contributed by atoms with E-state index in [4.69, 9.17) is 14.2 Å². The molecule has 0 aromatic rings. The molecule has 0 aliphatic rings. The van der Waals surface area contributed by atoms with E-state index in [0.29, 0.717) is 19.3 Å². The monoisotopic (exact) mass is 1050 g/mol. The van der Waals surface area contributed by atoms with Gasteiger partial charge in [0.25, 0.3) is 0 Å². The van der Waals surface area contributed by atoms with E-state index in [9.17, 15) is 14.4 Å². The van der Waals surface area contributed by atoms with E-state index in [2.05, 4.69) is 93.7 Å². The minimum absolute atomic E-state index is 0.0803. The van der Waals surface area contributed by atoms with Crippen molar-refractivity contribution in [2.45, 2.75) is 335 Å². The van der Waals surface area contributed by atoms with Crippen LogP contribution in [0.15, 0.2) is 72.9 Å². The van der Waals surface area contributed by atoms with Gasteiger partial charge in [0.2, 0.25) is 0 Å². The second-order valence-corrected chi connectivity index (χ2v) is 21.6. The van der Waals surface area contributed by atoms with E-state index in [1.54, 1.807) is 0 Å². The molecule has 75 heavy (non-hydrogen) atoms. The Morgan fingerprint density at radius 2 is 0.520 bits per heavy atom. The van der Waals surface area contributed by atoms with Gasteiger partial charge in [-0.1, -0.05) is 293 Å². The fourth-order valence-corrected chi connectivity index (χ4v) is 9.35. The highest BCUT2D eigenvalue weighted by Gasteiger charge is 2.19. The number of ether oxygens (including phenoxy) is 3. The Labute approximate surface area is 465 Å². The summed E-state index contributed by atoms with van der Waals surface area (Å²) in [7, 11) is 0. The van der Waals surface area contributed by atoms with Crippen molar-refractivity contribution in [2.24, 2.45) is 0 Å². The Hall–Kier alpha value is -3.15. The van der Waals surface area contributed by atoms with Gasteiger partial charge in [-0.25, -0.2) is 0 Å². The van der Waals surface area contributed by atoms with Gasteiger partial charge in [0.15, 0.2) is 6.10 Å². The molecule has 434 valence electrons. The zero-order valence-corrected chi connectivity index (χ0v) is 49.8. The SMILES string of the molecule is CC/C=C\C/C=C\C/C=C\C/C=C\C/C=C\CCCCCCCC(=O)OC(COC(=O)CCCCCCCCCCC)COC(=O)CCCCCCCCCCCCCCCCC/C=C\CCCCCCCCCC. The predicted octanol–water partition coefficient (Wildman–Crippen LogP) is 22.1. The highest BCUT2D eigenvalue weighted by Crippen LogP contribution is 2.17. The summed E-state index contributed by atoms with van der Waals surface area (Å²) in [6, 6.07) is 0. The van der Waals surface area contributed by atoms with Crippen LogP contribution >= 0.6 is 0 Å². The van der Waals surface area contributed by atoms with Crippen LogP contribution in [0.4, 0.5) is 0 Å². The lowest BCUT2D eigenvalue weighted by molar-refractivity contribution is -0.167. The third kappa shape index (κ3) is 61.6. The van der Waals surface area contributed by atoms with Crippen LogP contribution in [-0.2, 0) is 28.6 Å². The Morgan fingerprint density at radius 3 is 0.827 bits per heavy atom. The fraction of sp³-hybridized carbons (Fsp3) is 0.783. The van der Waals surface area contributed by atoms with E-state index in [1.807, 2.05) is 0 Å². The van der Waals surface area contributed by atoms with Crippen LogP contribution in [0.5, 0.6) is 0 Å². The first kappa shape index (κ1) is 71.8. The molecule has 0 bridgehead atoms. The van der Waals surface area contributed by atoms with Crippen LogP contribution < -0.4 is 0 Å². The molecule has 0 rings (SSSR count). The summed E-state index contributed by atoms with van der Waals surface area (Å²) in [6.07, 6.45) is 82.1. The van der Waals surface area contributed by atoms with Gasteiger partial charge in [0.1, 0.15) is 13.2 Å². The van der Waals surface area contributed by atoms with E-state index in [-0.39, 0.29) is 31.1 Å². The predicted molar refractivity (Wildman–Crippen MR) is 325 cm³/mol. The molecule has 0 saturated heterocycles. The topological polar surface area (TPSA) is 78.9 Å². The number of carbonyl (C=O) groups excluding carboxylic acids is 3. The van der Waals surface area contributed by atoms with Crippen LogP contribution in [-0.4, -0.2) is 37.2 Å². The minimum Gasteiger partial charge on any atom is -0.462 e. The fourth-order valence-electron chi connectivity index (χ4n) is 9.35. The molecule has 0 aliphatic heterocycles. The summed E-state index contributed by atoms with van der Waals surface area (Å²) >= 11 is 0. The first-order valence-electron chi connectivity index (χ1n) is 32.4. The van der Waals surface area contributed by atoms with Gasteiger partial charge >= 0.3 is 17.9 Å². The average molecular weight is 1050 g/mol. The summed E-state index contributed by atoms with van der Waals surface area (Å²) in [5.41, 5.74) is 0. The highest BCUT2D eigenvalue weighted by molar-refractivity contribution is 5.71. The zero-order chi connectivity index (χ0) is 54.3. The van der Waals surface area contributed by atoms with Crippen LogP contribution in [0.2, 0.25) is 0 Å². The largest absolute Gasteiger partial charge is 0.462 e. The van der Waals surface area contributed by atoms with Crippen LogP contribution in [0.1, 0.15) is 329 Å². The summed E-state index contributed by atoms with van der Waals surface area (Å²) in [6.45, 7) is 6.53. The second-order valence-electron chi connectivity index (χ2n) is 21.6. The number of esters is 3. The molecule has 0 fully saturated rings. The third-order valence-electron chi connectivity index (χ3n) is 14.2. The van der Waals surface area contributed by atoms with E-state index >= 15 is 0 Å². The summed E-state index contributed by atoms with van der Waals surface area (Å²) < 4.78 is 16.9. The molecule has 0 aromatic carbocycles. The number of rotatable bonds is 59. The summed E-state index contributed by atoms with van der Waals surface area (Å²) in [5, 5.41) is 0. The maximum atomic E-state index is 12.9. The normalized spacial score (nSPS) is 12.5. The molecule has 1 atom stereocenters. The Morgan fingerprint density at radius 1 is 0.280 bits per heavy atom. The first-order chi connectivity index (χ1) is 37.0. The van der Waals surface area contributed by atoms with Crippen molar-refractivity contribution in [1.29, 1.82) is 0 Å². The Bertz CT molecular complexity index is 1390. The standard InChI is InChI=1S/C69H122O6/c1-4-7-10-13-16-19-21-23-25-27-29-31-32-33-34-35-36-38-39-41-43-45-47-50-53-56-59-62-68(71)74-65-66(64-73-67(70)61-58-55-52-49-18-15-12-9-6-3)75-69(72)63-60-57-54-51-48-46-44-42-40-37-30-28-26-24-22-20-17-14-11-8-5-2/h8,11,17,20,24,26-27,29-30,37,42,44,66H,4-7,9-10,12-16,18-19,21-23,25,28,31-36,38-41,43,45-65H2,1-3H3/b11-8-,20-17-,26-24-,29-27-,37-30-,44-42-. The molecular formula is C69H122O6. The van der Waals surface area contributed by atoms with E-state index in [1.165, 1.54) is 180 Å². The van der Waals surface area contributed by atoms with Crippen molar-refractivity contribution in [3.63, 3.8) is 0 Å². The molecule has 0 aliphatic carbocycles. The van der Waals surface area contributed by atoms with Crippen molar-refractivity contribution in [3.05, 3.63) is 72.9 Å². The molecule has 0 aromatic heterocycles. The van der Waals surface area contributed by atoms with Gasteiger partial charge in [-0.05, 0) is 89.9 Å². The van der Waals surface area contributed by atoms with Gasteiger partial charge in [-0.3, -0.25) is 14.4 Å². The van der Waals surface area contributed by atoms with Crippen molar-refractivity contribution in [1.82, 2.24) is 0 Å². The Balaban J connectivity index is 4.19. The van der Waals surface area contributed by atoms with Gasteiger partial charge in [-0.15, -0.1) is 0 Å². The van der Waals surface area contributed by atoms with E-state index in [0.717, 1.165) is 109 Å².